The van der Waals surface area contributed by atoms with Crippen LogP contribution in [0.3, 0.4) is 0 Å². The van der Waals surface area contributed by atoms with Gasteiger partial charge < -0.3 is 9.64 Å². The van der Waals surface area contributed by atoms with E-state index in [2.05, 4.69) is 15.2 Å². The topological polar surface area (TPSA) is 63.5 Å². The Morgan fingerprint density at radius 2 is 2.08 bits per heavy atom. The Morgan fingerprint density at radius 3 is 2.85 bits per heavy atom. The van der Waals surface area contributed by atoms with Gasteiger partial charge in [0.2, 0.25) is 0 Å². The van der Waals surface area contributed by atoms with E-state index in [9.17, 15) is 4.79 Å². The van der Waals surface area contributed by atoms with Crippen LogP contribution in [-0.4, -0.2) is 77.1 Å². The molecule has 0 atom stereocenters. The summed E-state index contributed by atoms with van der Waals surface area (Å²) >= 11 is 6.17. The Labute approximate surface area is 158 Å². The fourth-order valence-corrected chi connectivity index (χ4v) is 3.12. The van der Waals surface area contributed by atoms with Crippen molar-refractivity contribution in [3.63, 3.8) is 0 Å². The van der Waals surface area contributed by atoms with Crippen LogP contribution >= 0.6 is 11.6 Å². The van der Waals surface area contributed by atoms with Crippen LogP contribution in [0.5, 0.6) is 0 Å². The largest absolute Gasteiger partial charge is 0.379 e. The quantitative estimate of drug-likeness (QED) is 0.736. The number of hydrogen-bond acceptors (Lipinski definition) is 5. The van der Waals surface area contributed by atoms with Crippen molar-refractivity contribution in [1.82, 2.24) is 24.8 Å². The first kappa shape index (κ1) is 18.8. The first-order valence-corrected chi connectivity index (χ1v) is 9.20. The Hall–Kier alpha value is -1.96. The number of ether oxygens (including phenoxy) is 1. The molecule has 140 valence electrons. The summed E-state index contributed by atoms with van der Waals surface area (Å²) in [7, 11) is 1.80. The molecule has 7 nitrogen and oxygen atoms in total. The molecular weight excluding hydrogens is 354 g/mol. The molecule has 0 spiro atoms. The molecule has 1 saturated heterocycles. The minimum atomic E-state index is -0.114. The van der Waals surface area contributed by atoms with Gasteiger partial charge in [-0.15, -0.1) is 5.10 Å². The molecule has 0 radical (unpaired) electrons. The van der Waals surface area contributed by atoms with Gasteiger partial charge in [0.05, 0.1) is 26.0 Å². The molecule has 2 aromatic rings. The highest BCUT2D eigenvalue weighted by Gasteiger charge is 2.17. The Balaban J connectivity index is 1.49. The van der Waals surface area contributed by atoms with Gasteiger partial charge in [0.25, 0.3) is 5.91 Å². The maximum atomic E-state index is 12.5. The molecule has 0 bridgehead atoms. The zero-order chi connectivity index (χ0) is 18.4. The second-order valence-electron chi connectivity index (χ2n) is 6.43. The van der Waals surface area contributed by atoms with Crippen molar-refractivity contribution in [2.75, 3.05) is 46.4 Å². The predicted molar refractivity (Wildman–Crippen MR) is 99.4 cm³/mol. The number of carbonyl (C=O) groups is 1. The van der Waals surface area contributed by atoms with Crippen molar-refractivity contribution >= 4 is 17.5 Å². The van der Waals surface area contributed by atoms with Crippen LogP contribution < -0.4 is 0 Å². The maximum Gasteiger partial charge on any atom is 0.275 e. The summed E-state index contributed by atoms with van der Waals surface area (Å²) in [5.41, 5.74) is 1.29. The molecule has 1 aromatic carbocycles. The van der Waals surface area contributed by atoms with Crippen molar-refractivity contribution in [3.05, 3.63) is 46.7 Å². The maximum absolute atomic E-state index is 12.5. The van der Waals surface area contributed by atoms with E-state index in [0.29, 0.717) is 23.8 Å². The Morgan fingerprint density at radius 1 is 1.31 bits per heavy atom. The molecule has 0 N–H and O–H groups in total. The number of morpholine rings is 1. The van der Waals surface area contributed by atoms with Crippen molar-refractivity contribution in [1.29, 1.82) is 0 Å². The van der Waals surface area contributed by atoms with Gasteiger partial charge >= 0.3 is 0 Å². The molecule has 1 aliphatic rings. The fraction of sp³-hybridized carbons (Fsp3) is 0.500. The zero-order valence-corrected chi connectivity index (χ0v) is 15.7. The summed E-state index contributed by atoms with van der Waals surface area (Å²) in [6.07, 6.45) is 2.60. The SMILES string of the molecule is CN(CCCN1CCOCC1)C(=O)c1cn(Cc2ccccc2Cl)nn1. The van der Waals surface area contributed by atoms with E-state index in [4.69, 9.17) is 16.3 Å². The van der Waals surface area contributed by atoms with Gasteiger partial charge in [-0.2, -0.15) is 0 Å². The summed E-state index contributed by atoms with van der Waals surface area (Å²) < 4.78 is 6.98. The first-order valence-electron chi connectivity index (χ1n) is 8.82. The minimum Gasteiger partial charge on any atom is -0.379 e. The Bertz CT molecular complexity index is 730. The highest BCUT2D eigenvalue weighted by molar-refractivity contribution is 6.31. The lowest BCUT2D eigenvalue weighted by Crippen LogP contribution is -2.38. The standard InChI is InChI=1S/C18H24ClN5O2/c1-22(7-4-8-23-9-11-26-12-10-23)18(25)17-14-24(21-20-17)13-15-5-2-3-6-16(15)19/h2-3,5-6,14H,4,7-13H2,1H3. The number of hydrogen-bond donors (Lipinski definition) is 0. The van der Waals surface area contributed by atoms with E-state index in [1.54, 1.807) is 22.8 Å². The van der Waals surface area contributed by atoms with E-state index in [1.165, 1.54) is 0 Å². The number of amides is 1. The molecule has 26 heavy (non-hydrogen) atoms. The molecule has 0 unspecified atom stereocenters. The van der Waals surface area contributed by atoms with Crippen LogP contribution in [0.15, 0.2) is 30.5 Å². The third kappa shape index (κ3) is 5.03. The molecule has 0 saturated carbocycles. The lowest BCUT2D eigenvalue weighted by Gasteiger charge is -2.27. The molecule has 2 heterocycles. The number of benzene rings is 1. The third-order valence-corrected chi connectivity index (χ3v) is 4.83. The van der Waals surface area contributed by atoms with E-state index in [1.807, 2.05) is 24.3 Å². The molecule has 1 fully saturated rings. The predicted octanol–water partition coefficient (Wildman–Crippen LogP) is 1.77. The second kappa shape index (κ2) is 9.12. The average molecular weight is 378 g/mol. The van der Waals surface area contributed by atoms with Gasteiger partial charge in [-0.1, -0.05) is 35.0 Å². The lowest BCUT2D eigenvalue weighted by molar-refractivity contribution is 0.0361. The molecule has 1 amide bonds. The second-order valence-corrected chi connectivity index (χ2v) is 6.83. The van der Waals surface area contributed by atoms with E-state index < -0.39 is 0 Å². The van der Waals surface area contributed by atoms with Gasteiger partial charge in [0.15, 0.2) is 5.69 Å². The first-order chi connectivity index (χ1) is 12.6. The minimum absolute atomic E-state index is 0.114. The molecule has 3 rings (SSSR count). The van der Waals surface area contributed by atoms with Crippen LogP contribution in [0.2, 0.25) is 5.02 Å². The summed E-state index contributed by atoms with van der Waals surface area (Å²) in [5, 5.41) is 8.74. The van der Waals surface area contributed by atoms with Gasteiger partial charge in [0.1, 0.15) is 0 Å². The highest BCUT2D eigenvalue weighted by atomic mass is 35.5. The summed E-state index contributed by atoms with van der Waals surface area (Å²) in [5.74, 6) is -0.114. The van der Waals surface area contributed by atoms with E-state index >= 15 is 0 Å². The molecule has 1 aromatic heterocycles. The third-order valence-electron chi connectivity index (χ3n) is 4.47. The Kier molecular flexibility index (Phi) is 6.60. The van der Waals surface area contributed by atoms with E-state index in [-0.39, 0.29) is 5.91 Å². The van der Waals surface area contributed by atoms with Crippen LogP contribution in [0, 0.1) is 0 Å². The molecule has 8 heteroatoms. The van der Waals surface area contributed by atoms with Crippen LogP contribution in [0.1, 0.15) is 22.5 Å². The molecular formula is C18H24ClN5O2. The van der Waals surface area contributed by atoms with Crippen molar-refractivity contribution < 1.29 is 9.53 Å². The summed E-state index contributed by atoms with van der Waals surface area (Å²) in [4.78, 5) is 16.6. The monoisotopic (exact) mass is 377 g/mol. The lowest BCUT2D eigenvalue weighted by atomic mass is 10.2. The van der Waals surface area contributed by atoms with Gasteiger partial charge in [-0.05, 0) is 18.1 Å². The highest BCUT2D eigenvalue weighted by Crippen LogP contribution is 2.16. The number of aromatic nitrogens is 3. The normalized spacial score (nSPS) is 15.2. The smallest absolute Gasteiger partial charge is 0.275 e. The van der Waals surface area contributed by atoms with Gasteiger partial charge in [-0.3, -0.25) is 9.69 Å². The fourth-order valence-electron chi connectivity index (χ4n) is 2.93. The van der Waals surface area contributed by atoms with Gasteiger partial charge in [-0.25, -0.2) is 4.68 Å². The average Bonchev–Trinajstić information content (AvgIpc) is 3.12. The number of rotatable bonds is 7. The summed E-state index contributed by atoms with van der Waals surface area (Å²) in [6, 6.07) is 7.58. The molecule has 0 aliphatic carbocycles. The number of halogens is 1. The zero-order valence-electron chi connectivity index (χ0n) is 15.0. The van der Waals surface area contributed by atoms with Gasteiger partial charge in [0, 0.05) is 38.2 Å². The summed E-state index contributed by atoms with van der Waals surface area (Å²) in [6.45, 7) is 5.67. The number of nitrogens with zero attached hydrogens (tertiary/aromatic N) is 5. The van der Waals surface area contributed by atoms with E-state index in [0.717, 1.165) is 44.8 Å². The van der Waals surface area contributed by atoms with Crippen molar-refractivity contribution in [2.24, 2.45) is 0 Å². The van der Waals surface area contributed by atoms with Crippen molar-refractivity contribution in [2.45, 2.75) is 13.0 Å². The molecule has 1 aliphatic heterocycles. The van der Waals surface area contributed by atoms with Crippen LogP contribution in [0.25, 0.3) is 0 Å². The van der Waals surface area contributed by atoms with Crippen LogP contribution in [-0.2, 0) is 11.3 Å². The van der Waals surface area contributed by atoms with Crippen LogP contribution in [0.4, 0.5) is 0 Å². The van der Waals surface area contributed by atoms with Crippen molar-refractivity contribution in [3.8, 4) is 0 Å². The number of carbonyl (C=O) groups excluding carboxylic acids is 1.